The first-order valence-electron chi connectivity index (χ1n) is 9.97. The lowest BCUT2D eigenvalue weighted by atomic mass is 10.2. The molecule has 3 rings (SSSR count). The molecule has 0 fully saturated rings. The largest absolute Gasteiger partial charge is 0.491 e. The maximum absolute atomic E-state index is 13.1. The molecular formula is C22H26BrN3O5. The van der Waals surface area contributed by atoms with Gasteiger partial charge in [0.2, 0.25) is 0 Å². The van der Waals surface area contributed by atoms with Gasteiger partial charge < -0.3 is 20.1 Å². The van der Waals surface area contributed by atoms with Gasteiger partial charge in [-0.25, -0.2) is 4.98 Å². The van der Waals surface area contributed by atoms with E-state index in [2.05, 4.69) is 20.9 Å². The van der Waals surface area contributed by atoms with E-state index in [9.17, 15) is 9.90 Å². The predicted octanol–water partition coefficient (Wildman–Crippen LogP) is 1.48. The summed E-state index contributed by atoms with van der Waals surface area (Å²) >= 11 is 3.40. The molecule has 2 aromatic carbocycles. The number of aliphatic hydroxyl groups excluding tert-OH is 3. The van der Waals surface area contributed by atoms with Crippen LogP contribution in [0.1, 0.15) is 5.82 Å². The Hall–Kier alpha value is -2.30. The van der Waals surface area contributed by atoms with Crippen LogP contribution < -0.4 is 10.3 Å². The van der Waals surface area contributed by atoms with E-state index >= 15 is 0 Å². The number of benzene rings is 2. The van der Waals surface area contributed by atoms with E-state index in [4.69, 9.17) is 14.9 Å². The van der Waals surface area contributed by atoms with E-state index in [1.54, 1.807) is 48.2 Å². The lowest BCUT2D eigenvalue weighted by Crippen LogP contribution is -2.38. The van der Waals surface area contributed by atoms with E-state index in [1.807, 2.05) is 6.07 Å². The van der Waals surface area contributed by atoms with Crippen molar-refractivity contribution in [2.75, 3.05) is 39.5 Å². The summed E-state index contributed by atoms with van der Waals surface area (Å²) in [5.74, 6) is 1.06. The zero-order chi connectivity index (χ0) is 22.4. The molecule has 0 aliphatic rings. The second-order valence-corrected chi connectivity index (χ2v) is 8.09. The molecule has 8 nitrogen and oxygen atoms in total. The lowest BCUT2D eigenvalue weighted by Gasteiger charge is -2.23. The monoisotopic (exact) mass is 491 g/mol. The molecule has 3 N–H and O–H groups in total. The molecule has 1 aromatic heterocycles. The third-order valence-electron chi connectivity index (χ3n) is 4.82. The summed E-state index contributed by atoms with van der Waals surface area (Å²) in [7, 11) is 0. The lowest BCUT2D eigenvalue weighted by molar-refractivity contribution is 0.0552. The molecule has 31 heavy (non-hydrogen) atoms. The number of aromatic nitrogens is 2. The highest BCUT2D eigenvalue weighted by Crippen LogP contribution is 2.20. The van der Waals surface area contributed by atoms with Crippen molar-refractivity contribution in [2.45, 2.75) is 13.0 Å². The van der Waals surface area contributed by atoms with Gasteiger partial charge >= 0.3 is 0 Å². The smallest absolute Gasteiger partial charge is 0.266 e. The molecular weight excluding hydrogens is 466 g/mol. The van der Waals surface area contributed by atoms with Crippen molar-refractivity contribution in [3.8, 4) is 11.4 Å². The van der Waals surface area contributed by atoms with Crippen molar-refractivity contribution < 1.29 is 20.1 Å². The van der Waals surface area contributed by atoms with Crippen molar-refractivity contribution in [2.24, 2.45) is 0 Å². The number of aliphatic hydroxyl groups is 3. The molecule has 0 saturated carbocycles. The minimum Gasteiger partial charge on any atom is -0.491 e. The van der Waals surface area contributed by atoms with Crippen LogP contribution in [0.3, 0.4) is 0 Å². The minimum absolute atomic E-state index is 0.0353. The van der Waals surface area contributed by atoms with E-state index in [1.165, 1.54) is 4.57 Å². The number of hydrogen-bond acceptors (Lipinski definition) is 7. The van der Waals surface area contributed by atoms with Crippen LogP contribution in [0.5, 0.6) is 5.75 Å². The molecule has 0 bridgehead atoms. The molecule has 0 aliphatic heterocycles. The summed E-state index contributed by atoms with van der Waals surface area (Å²) in [5, 5.41) is 28.9. The molecule has 1 heterocycles. The number of rotatable bonds is 10. The predicted molar refractivity (Wildman–Crippen MR) is 122 cm³/mol. The van der Waals surface area contributed by atoms with Crippen LogP contribution in [0.4, 0.5) is 0 Å². The van der Waals surface area contributed by atoms with E-state index in [-0.39, 0.29) is 31.9 Å². The van der Waals surface area contributed by atoms with Crippen LogP contribution in [0.15, 0.2) is 51.7 Å². The summed E-state index contributed by atoms with van der Waals surface area (Å²) in [4.78, 5) is 19.4. The fraction of sp³-hybridized carbons (Fsp3) is 0.364. The Bertz CT molecular complexity index is 1080. The average Bonchev–Trinajstić information content (AvgIpc) is 2.74. The fourth-order valence-corrected chi connectivity index (χ4v) is 3.77. The van der Waals surface area contributed by atoms with Gasteiger partial charge in [-0.2, -0.15) is 0 Å². The molecule has 0 spiro atoms. The normalized spacial score (nSPS) is 12.5. The highest BCUT2D eigenvalue weighted by molar-refractivity contribution is 9.10. The topological polar surface area (TPSA) is 108 Å². The molecule has 166 valence electrons. The van der Waals surface area contributed by atoms with Crippen molar-refractivity contribution >= 4 is 26.8 Å². The van der Waals surface area contributed by atoms with Gasteiger partial charge in [-0.3, -0.25) is 14.3 Å². The third-order valence-corrected chi connectivity index (χ3v) is 5.31. The molecule has 0 radical (unpaired) electrons. The van der Waals surface area contributed by atoms with Gasteiger partial charge in [0.15, 0.2) is 0 Å². The summed E-state index contributed by atoms with van der Waals surface area (Å²) in [5.41, 5.74) is 1.07. The number of nitrogens with zero attached hydrogens (tertiary/aromatic N) is 3. The van der Waals surface area contributed by atoms with Gasteiger partial charge in [-0.05, 0) is 37.3 Å². The second-order valence-electron chi connectivity index (χ2n) is 7.17. The molecule has 0 aliphatic carbocycles. The van der Waals surface area contributed by atoms with Crippen LogP contribution >= 0.6 is 15.9 Å². The van der Waals surface area contributed by atoms with Crippen LogP contribution in [0.25, 0.3) is 16.6 Å². The number of hydrogen-bond donors (Lipinski definition) is 3. The Balaban J connectivity index is 1.79. The number of halogens is 1. The fourth-order valence-electron chi connectivity index (χ4n) is 3.41. The first-order valence-corrected chi connectivity index (χ1v) is 10.8. The summed E-state index contributed by atoms with van der Waals surface area (Å²) in [6.07, 6.45) is -0.800. The Labute approximate surface area is 188 Å². The third kappa shape index (κ3) is 5.90. The van der Waals surface area contributed by atoms with Crippen LogP contribution in [-0.4, -0.2) is 75.3 Å². The van der Waals surface area contributed by atoms with Crippen LogP contribution in [0.2, 0.25) is 0 Å². The molecule has 3 aromatic rings. The number of aryl methyl sites for hydroxylation is 1. The van der Waals surface area contributed by atoms with Crippen molar-refractivity contribution in [1.82, 2.24) is 14.5 Å². The minimum atomic E-state index is -0.800. The average molecular weight is 492 g/mol. The Morgan fingerprint density at radius 1 is 1.16 bits per heavy atom. The van der Waals surface area contributed by atoms with Gasteiger partial charge in [-0.15, -0.1) is 0 Å². The second kappa shape index (κ2) is 10.8. The Morgan fingerprint density at radius 3 is 2.61 bits per heavy atom. The van der Waals surface area contributed by atoms with Gasteiger partial charge in [0.1, 0.15) is 24.3 Å². The SMILES string of the molecule is Cc1nc2ccc(Br)cc2c(=O)n1-c1cccc(OCC(O)CN(CCO)CCO)c1. The van der Waals surface area contributed by atoms with Gasteiger partial charge in [0.25, 0.3) is 5.56 Å². The standard InChI is InChI=1S/C22H26BrN3O5/c1-15-24-21-6-5-16(23)11-20(21)22(30)26(15)17-3-2-4-19(12-17)31-14-18(29)13-25(7-9-27)8-10-28/h2-6,11-12,18,27-29H,7-10,13-14H2,1H3. The first kappa shape index (κ1) is 23.4. The Morgan fingerprint density at radius 2 is 1.90 bits per heavy atom. The van der Waals surface area contributed by atoms with Crippen molar-refractivity contribution in [3.05, 3.63) is 63.1 Å². The molecule has 0 amide bonds. The van der Waals surface area contributed by atoms with E-state index in [0.29, 0.717) is 41.3 Å². The molecule has 1 atom stereocenters. The molecule has 0 saturated heterocycles. The van der Waals surface area contributed by atoms with Crippen LogP contribution in [0, 0.1) is 6.92 Å². The van der Waals surface area contributed by atoms with E-state index in [0.717, 1.165) is 4.47 Å². The van der Waals surface area contributed by atoms with Gasteiger partial charge in [0.05, 0.1) is 29.8 Å². The number of ether oxygens (including phenoxy) is 1. The zero-order valence-electron chi connectivity index (χ0n) is 17.2. The summed E-state index contributed by atoms with van der Waals surface area (Å²) in [6.45, 7) is 2.69. The molecule has 9 heteroatoms. The van der Waals surface area contributed by atoms with Gasteiger partial charge in [0, 0.05) is 30.2 Å². The maximum Gasteiger partial charge on any atom is 0.266 e. The van der Waals surface area contributed by atoms with Crippen molar-refractivity contribution in [1.29, 1.82) is 0 Å². The quantitative estimate of drug-likeness (QED) is 0.394. The Kier molecular flexibility index (Phi) is 8.16. The maximum atomic E-state index is 13.1. The van der Waals surface area contributed by atoms with Gasteiger partial charge in [-0.1, -0.05) is 22.0 Å². The summed E-state index contributed by atoms with van der Waals surface area (Å²) < 4.78 is 8.06. The van der Waals surface area contributed by atoms with Crippen molar-refractivity contribution in [3.63, 3.8) is 0 Å². The van der Waals surface area contributed by atoms with Crippen LogP contribution in [-0.2, 0) is 0 Å². The van der Waals surface area contributed by atoms with E-state index < -0.39 is 6.10 Å². The molecule has 1 unspecified atom stereocenters. The highest BCUT2D eigenvalue weighted by atomic mass is 79.9. The number of fused-ring (bicyclic) bond motifs is 1. The summed E-state index contributed by atoms with van der Waals surface area (Å²) in [6, 6.07) is 12.5. The first-order chi connectivity index (χ1) is 14.9. The zero-order valence-corrected chi connectivity index (χ0v) is 18.8. The highest BCUT2D eigenvalue weighted by Gasteiger charge is 2.14.